The molecule has 1 heterocycles. The summed E-state index contributed by atoms with van der Waals surface area (Å²) in [4.78, 5) is 12.4. The van der Waals surface area contributed by atoms with Gasteiger partial charge in [-0.3, -0.25) is 4.79 Å². The second-order valence-corrected chi connectivity index (χ2v) is 5.52. The van der Waals surface area contributed by atoms with Gasteiger partial charge in [-0.2, -0.15) is 0 Å². The zero-order chi connectivity index (χ0) is 16.2. The molecular weight excluding hydrogens is 288 g/mol. The first kappa shape index (κ1) is 15.2. The zero-order valence-corrected chi connectivity index (χ0v) is 13.4. The molecule has 1 aromatic heterocycles. The zero-order valence-electron chi connectivity index (χ0n) is 13.4. The van der Waals surface area contributed by atoms with Crippen molar-refractivity contribution in [2.24, 2.45) is 7.05 Å². The smallest absolute Gasteiger partial charge is 0.251 e. The Morgan fingerprint density at radius 2 is 2.00 bits per heavy atom. The number of aromatic nitrogens is 1. The SMILES string of the molecule is COc1cccc(CCNC(=O)c2cccc3c2ccn3C)c1. The van der Waals surface area contributed by atoms with Crippen molar-refractivity contribution < 1.29 is 9.53 Å². The third-order valence-electron chi connectivity index (χ3n) is 4.01. The fourth-order valence-corrected chi connectivity index (χ4v) is 2.74. The average molecular weight is 308 g/mol. The van der Waals surface area contributed by atoms with Crippen LogP contribution in [0.3, 0.4) is 0 Å². The molecule has 4 heteroatoms. The first-order valence-electron chi connectivity index (χ1n) is 7.64. The number of fused-ring (bicyclic) bond motifs is 1. The van der Waals surface area contributed by atoms with E-state index in [2.05, 4.69) is 5.32 Å². The number of methoxy groups -OCH3 is 1. The fraction of sp³-hybridized carbons (Fsp3) is 0.211. The highest BCUT2D eigenvalue weighted by atomic mass is 16.5. The lowest BCUT2D eigenvalue weighted by Crippen LogP contribution is -2.25. The predicted octanol–water partition coefficient (Wildman–Crippen LogP) is 3.16. The number of carbonyl (C=O) groups excluding carboxylic acids is 1. The highest BCUT2D eigenvalue weighted by molar-refractivity contribution is 6.06. The van der Waals surface area contributed by atoms with Gasteiger partial charge in [0.15, 0.2) is 0 Å². The van der Waals surface area contributed by atoms with Crippen molar-refractivity contribution in [1.29, 1.82) is 0 Å². The Kier molecular flexibility index (Phi) is 4.33. The van der Waals surface area contributed by atoms with Crippen molar-refractivity contribution in [3.8, 4) is 5.75 Å². The minimum Gasteiger partial charge on any atom is -0.497 e. The van der Waals surface area contributed by atoms with Crippen molar-refractivity contribution in [2.75, 3.05) is 13.7 Å². The van der Waals surface area contributed by atoms with Gasteiger partial charge < -0.3 is 14.6 Å². The largest absolute Gasteiger partial charge is 0.497 e. The number of carbonyl (C=O) groups is 1. The number of aryl methyl sites for hydroxylation is 1. The van der Waals surface area contributed by atoms with Gasteiger partial charge in [-0.25, -0.2) is 0 Å². The van der Waals surface area contributed by atoms with Crippen LogP contribution >= 0.6 is 0 Å². The maximum absolute atomic E-state index is 12.4. The van der Waals surface area contributed by atoms with E-state index in [0.717, 1.165) is 28.6 Å². The molecule has 0 radical (unpaired) electrons. The van der Waals surface area contributed by atoms with E-state index in [1.807, 2.05) is 66.3 Å². The normalized spacial score (nSPS) is 10.7. The quantitative estimate of drug-likeness (QED) is 0.787. The van der Waals surface area contributed by atoms with E-state index in [0.29, 0.717) is 12.1 Å². The Morgan fingerprint density at radius 1 is 1.17 bits per heavy atom. The fourth-order valence-electron chi connectivity index (χ4n) is 2.74. The topological polar surface area (TPSA) is 43.3 Å². The van der Waals surface area contributed by atoms with E-state index in [9.17, 15) is 4.79 Å². The van der Waals surface area contributed by atoms with Crippen molar-refractivity contribution in [1.82, 2.24) is 9.88 Å². The summed E-state index contributed by atoms with van der Waals surface area (Å²) in [5, 5.41) is 3.98. The van der Waals surface area contributed by atoms with Crippen molar-refractivity contribution >= 4 is 16.8 Å². The average Bonchev–Trinajstić information content (AvgIpc) is 2.96. The molecule has 118 valence electrons. The molecule has 0 aliphatic rings. The van der Waals surface area contributed by atoms with Gasteiger partial charge in [-0.1, -0.05) is 18.2 Å². The third kappa shape index (κ3) is 3.21. The first-order valence-corrected chi connectivity index (χ1v) is 7.64. The summed E-state index contributed by atoms with van der Waals surface area (Å²) in [6.45, 7) is 0.592. The van der Waals surface area contributed by atoms with Crippen LogP contribution in [0.1, 0.15) is 15.9 Å². The van der Waals surface area contributed by atoms with E-state index < -0.39 is 0 Å². The van der Waals surface area contributed by atoms with Crippen LogP contribution in [-0.2, 0) is 13.5 Å². The number of rotatable bonds is 5. The summed E-state index contributed by atoms with van der Waals surface area (Å²) in [5.74, 6) is 0.799. The van der Waals surface area contributed by atoms with Gasteiger partial charge in [0.1, 0.15) is 5.75 Å². The highest BCUT2D eigenvalue weighted by Gasteiger charge is 2.10. The number of ether oxygens (including phenoxy) is 1. The van der Waals surface area contributed by atoms with Gasteiger partial charge in [0.2, 0.25) is 0 Å². The molecule has 1 amide bonds. The molecule has 3 aromatic rings. The predicted molar refractivity (Wildman–Crippen MR) is 92.0 cm³/mol. The summed E-state index contributed by atoms with van der Waals surface area (Å²) in [7, 11) is 3.63. The second kappa shape index (κ2) is 6.57. The van der Waals surface area contributed by atoms with Crippen LogP contribution in [0.4, 0.5) is 0 Å². The molecule has 0 unspecified atom stereocenters. The standard InChI is InChI=1S/C19H20N2O2/c1-21-12-10-16-17(7-4-8-18(16)21)19(22)20-11-9-14-5-3-6-15(13-14)23-2/h3-8,10,12-13H,9,11H2,1-2H3,(H,20,22). The molecule has 1 N–H and O–H groups in total. The minimum atomic E-state index is -0.0373. The second-order valence-electron chi connectivity index (χ2n) is 5.52. The van der Waals surface area contributed by atoms with Crippen LogP contribution in [0.2, 0.25) is 0 Å². The molecule has 3 rings (SSSR count). The van der Waals surface area contributed by atoms with Gasteiger partial charge >= 0.3 is 0 Å². The highest BCUT2D eigenvalue weighted by Crippen LogP contribution is 2.19. The van der Waals surface area contributed by atoms with Crippen LogP contribution < -0.4 is 10.1 Å². The number of nitrogens with one attached hydrogen (secondary N) is 1. The van der Waals surface area contributed by atoms with Gasteiger partial charge in [-0.05, 0) is 42.3 Å². The first-order chi connectivity index (χ1) is 11.2. The van der Waals surface area contributed by atoms with E-state index in [1.165, 1.54) is 0 Å². The third-order valence-corrected chi connectivity index (χ3v) is 4.01. The van der Waals surface area contributed by atoms with Crippen molar-refractivity contribution in [2.45, 2.75) is 6.42 Å². The monoisotopic (exact) mass is 308 g/mol. The molecule has 0 aliphatic heterocycles. The molecule has 0 bridgehead atoms. The number of amides is 1. The van der Waals surface area contributed by atoms with Gasteiger partial charge in [-0.15, -0.1) is 0 Å². The van der Waals surface area contributed by atoms with Gasteiger partial charge in [0, 0.05) is 36.3 Å². The van der Waals surface area contributed by atoms with Crippen LogP contribution in [0, 0.1) is 0 Å². The van der Waals surface area contributed by atoms with E-state index in [-0.39, 0.29) is 5.91 Å². The van der Waals surface area contributed by atoms with Crippen LogP contribution in [0.15, 0.2) is 54.7 Å². The van der Waals surface area contributed by atoms with Crippen LogP contribution in [0.5, 0.6) is 5.75 Å². The summed E-state index contributed by atoms with van der Waals surface area (Å²) < 4.78 is 7.23. The van der Waals surface area contributed by atoms with Gasteiger partial charge in [0.25, 0.3) is 5.91 Å². The molecule has 2 aromatic carbocycles. The summed E-state index contributed by atoms with van der Waals surface area (Å²) in [5.41, 5.74) is 2.92. The Labute approximate surface area is 135 Å². The Morgan fingerprint density at radius 3 is 2.83 bits per heavy atom. The van der Waals surface area contributed by atoms with E-state index >= 15 is 0 Å². The Bertz CT molecular complexity index is 836. The van der Waals surface area contributed by atoms with Crippen molar-refractivity contribution in [3.63, 3.8) is 0 Å². The van der Waals surface area contributed by atoms with E-state index in [4.69, 9.17) is 4.74 Å². The minimum absolute atomic E-state index is 0.0373. The number of hydrogen-bond acceptors (Lipinski definition) is 2. The molecule has 0 spiro atoms. The van der Waals surface area contributed by atoms with Crippen LogP contribution in [0.25, 0.3) is 10.9 Å². The van der Waals surface area contributed by atoms with Gasteiger partial charge in [0.05, 0.1) is 7.11 Å². The Hall–Kier alpha value is -2.75. The number of nitrogens with zero attached hydrogens (tertiary/aromatic N) is 1. The summed E-state index contributed by atoms with van der Waals surface area (Å²) >= 11 is 0. The molecule has 0 saturated carbocycles. The lowest BCUT2D eigenvalue weighted by molar-refractivity contribution is 0.0956. The molecular formula is C19H20N2O2. The van der Waals surface area contributed by atoms with Crippen LogP contribution in [-0.4, -0.2) is 24.1 Å². The summed E-state index contributed by atoms with van der Waals surface area (Å²) in [6, 6.07) is 15.7. The maximum atomic E-state index is 12.4. The maximum Gasteiger partial charge on any atom is 0.251 e. The molecule has 0 atom stereocenters. The lowest BCUT2D eigenvalue weighted by Gasteiger charge is -2.08. The van der Waals surface area contributed by atoms with Crippen molar-refractivity contribution in [3.05, 3.63) is 65.9 Å². The summed E-state index contributed by atoms with van der Waals surface area (Å²) in [6.07, 6.45) is 2.74. The lowest BCUT2D eigenvalue weighted by atomic mass is 10.1. The number of benzene rings is 2. The molecule has 0 fully saturated rings. The number of hydrogen-bond donors (Lipinski definition) is 1. The molecule has 23 heavy (non-hydrogen) atoms. The Balaban J connectivity index is 1.67. The van der Waals surface area contributed by atoms with E-state index in [1.54, 1.807) is 7.11 Å². The molecule has 4 nitrogen and oxygen atoms in total. The molecule has 0 aliphatic carbocycles. The molecule has 0 saturated heterocycles.